The Morgan fingerprint density at radius 3 is 2.77 bits per heavy atom. The van der Waals surface area contributed by atoms with E-state index in [0.29, 0.717) is 36.5 Å². The molecule has 0 saturated carbocycles. The summed E-state index contributed by atoms with van der Waals surface area (Å²) in [6.07, 6.45) is 1.37. The molecule has 3 aromatic rings. The molecule has 1 aliphatic heterocycles. The molecule has 1 aromatic heterocycles. The van der Waals surface area contributed by atoms with E-state index in [1.807, 2.05) is 42.5 Å². The molecule has 2 heterocycles. The molecule has 0 radical (unpaired) electrons. The summed E-state index contributed by atoms with van der Waals surface area (Å²) in [5, 5.41) is 9.44. The number of ether oxygens (including phenoxy) is 2. The number of benzene rings is 2. The van der Waals surface area contributed by atoms with E-state index in [4.69, 9.17) is 9.47 Å². The molecule has 10 nitrogen and oxygen atoms in total. The smallest absolute Gasteiger partial charge is 0.291 e. The lowest BCUT2D eigenvalue weighted by atomic mass is 10.1. The van der Waals surface area contributed by atoms with E-state index in [-0.39, 0.29) is 30.7 Å². The molecule has 0 aliphatic carbocycles. The van der Waals surface area contributed by atoms with Gasteiger partial charge in [0.2, 0.25) is 5.82 Å². The van der Waals surface area contributed by atoms with Crippen LogP contribution in [0, 0.1) is 0 Å². The first-order valence-electron chi connectivity index (χ1n) is 11.2. The molecule has 0 bridgehead atoms. The number of ketones is 1. The standard InChI is InChI=1S/C25H27N5O5/c1-30-20-12-17(8-10-18(31)14-34-2)9-11-21(20)35-15-19(25(30)33)26-24(32)23-27-22(28-29-23)13-16-6-4-3-5-7-16/h3-7,9,11-12,19H,8,10,13-15H2,1-2H3,(H,26,32)(H,27,28,29)/t19-/m0/s1. The van der Waals surface area contributed by atoms with Gasteiger partial charge in [0, 0.05) is 27.0 Å². The second kappa shape index (κ2) is 10.9. The van der Waals surface area contributed by atoms with Crippen LogP contribution in [0.1, 0.15) is 34.0 Å². The van der Waals surface area contributed by atoms with Crippen molar-refractivity contribution in [1.82, 2.24) is 20.5 Å². The van der Waals surface area contributed by atoms with Crippen molar-refractivity contribution in [1.29, 1.82) is 0 Å². The zero-order chi connectivity index (χ0) is 24.8. The maximum absolute atomic E-state index is 13.1. The predicted molar refractivity (Wildman–Crippen MR) is 127 cm³/mol. The summed E-state index contributed by atoms with van der Waals surface area (Å²) in [6.45, 7) is 0.0430. The van der Waals surface area contributed by atoms with Crippen LogP contribution in [0.25, 0.3) is 0 Å². The van der Waals surface area contributed by atoms with E-state index in [9.17, 15) is 14.4 Å². The zero-order valence-electron chi connectivity index (χ0n) is 19.6. The van der Waals surface area contributed by atoms with Gasteiger partial charge in [0.25, 0.3) is 11.8 Å². The third-order valence-corrected chi connectivity index (χ3v) is 5.67. The Labute approximate surface area is 202 Å². The van der Waals surface area contributed by atoms with Crippen LogP contribution < -0.4 is 15.0 Å². The number of aromatic amines is 1. The van der Waals surface area contributed by atoms with Crippen LogP contribution in [-0.4, -0.2) is 66.2 Å². The fraction of sp³-hybridized carbons (Fsp3) is 0.320. The van der Waals surface area contributed by atoms with Crippen LogP contribution in [0.3, 0.4) is 0 Å². The van der Waals surface area contributed by atoms with Gasteiger partial charge in [-0.05, 0) is 29.7 Å². The van der Waals surface area contributed by atoms with Crippen molar-refractivity contribution in [2.24, 2.45) is 0 Å². The molecule has 1 aliphatic rings. The highest BCUT2D eigenvalue weighted by Crippen LogP contribution is 2.32. The maximum atomic E-state index is 13.1. The number of carbonyl (C=O) groups is 3. The van der Waals surface area contributed by atoms with Gasteiger partial charge in [0.15, 0.2) is 5.78 Å². The number of rotatable bonds is 9. The summed E-state index contributed by atoms with van der Waals surface area (Å²) >= 11 is 0. The summed E-state index contributed by atoms with van der Waals surface area (Å²) in [5.41, 5.74) is 2.50. The number of likely N-dealkylation sites (N-methyl/N-ethyl adjacent to an activating group) is 1. The monoisotopic (exact) mass is 477 g/mol. The van der Waals surface area contributed by atoms with Gasteiger partial charge in [-0.1, -0.05) is 36.4 Å². The van der Waals surface area contributed by atoms with Gasteiger partial charge in [-0.3, -0.25) is 19.5 Å². The van der Waals surface area contributed by atoms with E-state index < -0.39 is 11.9 Å². The molecule has 10 heteroatoms. The van der Waals surface area contributed by atoms with Gasteiger partial charge in [-0.2, -0.15) is 0 Å². The van der Waals surface area contributed by atoms with Crippen LogP contribution in [0.4, 0.5) is 5.69 Å². The fourth-order valence-electron chi connectivity index (χ4n) is 3.81. The van der Waals surface area contributed by atoms with Crippen molar-refractivity contribution in [3.63, 3.8) is 0 Å². The van der Waals surface area contributed by atoms with E-state index in [2.05, 4.69) is 20.5 Å². The summed E-state index contributed by atoms with van der Waals surface area (Å²) < 4.78 is 10.7. The van der Waals surface area contributed by atoms with Gasteiger partial charge < -0.3 is 19.7 Å². The Morgan fingerprint density at radius 1 is 1.20 bits per heavy atom. The second-order valence-corrected chi connectivity index (χ2v) is 8.28. The molecular formula is C25H27N5O5. The number of H-pyrrole nitrogens is 1. The molecule has 0 fully saturated rings. The van der Waals surface area contributed by atoms with E-state index >= 15 is 0 Å². The van der Waals surface area contributed by atoms with E-state index in [1.165, 1.54) is 12.0 Å². The molecular weight excluding hydrogens is 450 g/mol. The maximum Gasteiger partial charge on any atom is 0.291 e. The molecule has 2 aromatic carbocycles. The number of Topliss-reactive ketones (excluding diaryl/α,β-unsaturated/α-hetero) is 1. The van der Waals surface area contributed by atoms with Crippen LogP contribution in [-0.2, 0) is 27.2 Å². The average molecular weight is 478 g/mol. The second-order valence-electron chi connectivity index (χ2n) is 8.28. The number of carbonyl (C=O) groups excluding carboxylic acids is 3. The quantitative estimate of drug-likeness (QED) is 0.480. The predicted octanol–water partition coefficient (Wildman–Crippen LogP) is 1.70. The van der Waals surface area contributed by atoms with Gasteiger partial charge >= 0.3 is 0 Å². The Morgan fingerprint density at radius 2 is 2.00 bits per heavy atom. The number of hydrogen-bond acceptors (Lipinski definition) is 7. The molecule has 1 atom stereocenters. The Balaban J connectivity index is 1.40. The van der Waals surface area contributed by atoms with Crippen molar-refractivity contribution >= 4 is 23.3 Å². The molecule has 2 N–H and O–H groups in total. The first-order chi connectivity index (χ1) is 16.9. The average Bonchev–Trinajstić information content (AvgIpc) is 3.30. The summed E-state index contributed by atoms with van der Waals surface area (Å²) in [6, 6.07) is 14.2. The van der Waals surface area contributed by atoms with Gasteiger partial charge in [-0.15, -0.1) is 5.10 Å². The third kappa shape index (κ3) is 5.90. The first-order valence-corrected chi connectivity index (χ1v) is 11.2. The minimum Gasteiger partial charge on any atom is -0.489 e. The van der Waals surface area contributed by atoms with Crippen molar-refractivity contribution in [3.05, 3.63) is 71.3 Å². The lowest BCUT2D eigenvalue weighted by Gasteiger charge is -2.20. The number of nitrogens with zero attached hydrogens (tertiary/aromatic N) is 3. The number of aromatic nitrogens is 3. The van der Waals surface area contributed by atoms with Crippen LogP contribution in [0.2, 0.25) is 0 Å². The van der Waals surface area contributed by atoms with Crippen LogP contribution >= 0.6 is 0 Å². The topological polar surface area (TPSA) is 127 Å². The SMILES string of the molecule is COCC(=O)CCc1ccc2c(c1)N(C)C(=O)[C@@H](NC(=O)c1n[nH]c(Cc3ccccc3)n1)CO2. The molecule has 0 saturated heterocycles. The Bertz CT molecular complexity index is 1210. The zero-order valence-corrected chi connectivity index (χ0v) is 19.6. The number of hydrogen-bond donors (Lipinski definition) is 2. The lowest BCUT2D eigenvalue weighted by Crippen LogP contribution is -2.49. The van der Waals surface area contributed by atoms with Crippen molar-refractivity contribution in [2.75, 3.05) is 32.3 Å². The van der Waals surface area contributed by atoms with Gasteiger partial charge in [0.05, 0.1) is 5.69 Å². The molecule has 182 valence electrons. The highest BCUT2D eigenvalue weighted by atomic mass is 16.5. The number of anilines is 1. The fourth-order valence-corrected chi connectivity index (χ4v) is 3.81. The normalized spacial score (nSPS) is 15.2. The number of aryl methyl sites for hydroxylation is 1. The molecule has 0 unspecified atom stereocenters. The van der Waals surface area contributed by atoms with Crippen LogP contribution in [0.15, 0.2) is 48.5 Å². The highest BCUT2D eigenvalue weighted by molar-refractivity contribution is 6.02. The number of nitrogens with one attached hydrogen (secondary N) is 2. The molecule has 2 amide bonds. The third-order valence-electron chi connectivity index (χ3n) is 5.67. The van der Waals surface area contributed by atoms with Crippen LogP contribution in [0.5, 0.6) is 5.75 Å². The van der Waals surface area contributed by atoms with E-state index in [1.54, 1.807) is 13.1 Å². The van der Waals surface area contributed by atoms with Gasteiger partial charge in [-0.25, -0.2) is 4.98 Å². The lowest BCUT2D eigenvalue weighted by molar-refractivity contribution is -0.122. The van der Waals surface area contributed by atoms with Gasteiger partial charge in [0.1, 0.15) is 30.8 Å². The number of fused-ring (bicyclic) bond motifs is 1. The van der Waals surface area contributed by atoms with E-state index in [0.717, 1.165) is 11.1 Å². The first kappa shape index (κ1) is 24.1. The van der Waals surface area contributed by atoms with Crippen molar-refractivity contribution in [2.45, 2.75) is 25.3 Å². The Kier molecular flexibility index (Phi) is 7.51. The highest BCUT2D eigenvalue weighted by Gasteiger charge is 2.31. The van der Waals surface area contributed by atoms with Crippen molar-refractivity contribution < 1.29 is 23.9 Å². The molecule has 4 rings (SSSR count). The summed E-state index contributed by atoms with van der Waals surface area (Å²) in [5.74, 6) is 0.128. The molecule has 35 heavy (non-hydrogen) atoms. The van der Waals surface area contributed by atoms with Crippen molar-refractivity contribution in [3.8, 4) is 5.75 Å². The largest absolute Gasteiger partial charge is 0.489 e. The minimum absolute atomic E-state index is 0.00445. The number of methoxy groups -OCH3 is 1. The summed E-state index contributed by atoms with van der Waals surface area (Å²) in [7, 11) is 3.11. The summed E-state index contributed by atoms with van der Waals surface area (Å²) in [4.78, 5) is 43.3. The molecule has 0 spiro atoms. The number of amides is 2. The Hall–Kier alpha value is -4.05. The minimum atomic E-state index is -0.914.